The van der Waals surface area contributed by atoms with Crippen molar-refractivity contribution in [3.8, 4) is 0 Å². The Morgan fingerprint density at radius 1 is 1.21 bits per heavy atom. The minimum Gasteiger partial charge on any atom is -0.394 e. The molecule has 29 heavy (non-hydrogen) atoms. The Kier molecular flexibility index (Phi) is 5.34. The SMILES string of the molecule is C/C=C/c1ccc([C@@H]2[C@H](CO)N(C(=O)C3CCCC3)C23CN(S(C)(=O)=O)C3)cc1. The lowest BCUT2D eigenvalue weighted by atomic mass is 9.61. The van der Waals surface area contributed by atoms with Crippen LogP contribution in [0.15, 0.2) is 30.3 Å². The zero-order valence-electron chi connectivity index (χ0n) is 17.1. The third-order valence-electron chi connectivity index (χ3n) is 6.93. The molecule has 0 radical (unpaired) electrons. The van der Waals surface area contributed by atoms with E-state index in [1.54, 1.807) is 0 Å². The molecule has 0 unspecified atom stereocenters. The quantitative estimate of drug-likeness (QED) is 0.795. The topological polar surface area (TPSA) is 77.9 Å². The highest BCUT2D eigenvalue weighted by molar-refractivity contribution is 7.88. The first-order chi connectivity index (χ1) is 13.8. The summed E-state index contributed by atoms with van der Waals surface area (Å²) < 4.78 is 25.5. The fourth-order valence-corrected chi connectivity index (χ4v) is 6.45. The molecule has 7 heteroatoms. The predicted octanol–water partition coefficient (Wildman–Crippen LogP) is 2.21. The summed E-state index contributed by atoms with van der Waals surface area (Å²) in [7, 11) is -3.30. The van der Waals surface area contributed by atoms with E-state index >= 15 is 0 Å². The molecule has 4 rings (SSSR count). The van der Waals surface area contributed by atoms with Gasteiger partial charge in [-0.1, -0.05) is 49.3 Å². The molecule has 1 N–H and O–H groups in total. The number of amides is 1. The van der Waals surface area contributed by atoms with Gasteiger partial charge in [-0.25, -0.2) is 8.42 Å². The first-order valence-electron chi connectivity index (χ1n) is 10.4. The van der Waals surface area contributed by atoms with E-state index < -0.39 is 15.6 Å². The van der Waals surface area contributed by atoms with Crippen molar-refractivity contribution in [2.24, 2.45) is 5.92 Å². The molecule has 6 nitrogen and oxygen atoms in total. The van der Waals surface area contributed by atoms with Gasteiger partial charge < -0.3 is 10.0 Å². The van der Waals surface area contributed by atoms with Crippen LogP contribution in [0.5, 0.6) is 0 Å². The van der Waals surface area contributed by atoms with E-state index in [1.807, 2.05) is 48.2 Å². The van der Waals surface area contributed by atoms with Crippen LogP contribution >= 0.6 is 0 Å². The van der Waals surface area contributed by atoms with Gasteiger partial charge >= 0.3 is 0 Å². The van der Waals surface area contributed by atoms with Gasteiger partial charge in [0.1, 0.15) is 0 Å². The van der Waals surface area contributed by atoms with Crippen LogP contribution in [-0.2, 0) is 14.8 Å². The summed E-state index contributed by atoms with van der Waals surface area (Å²) in [5.41, 5.74) is 1.61. The van der Waals surface area contributed by atoms with Gasteiger partial charge in [0, 0.05) is 24.9 Å². The second-order valence-corrected chi connectivity index (χ2v) is 10.7. The highest BCUT2D eigenvalue weighted by Gasteiger charge is 2.69. The molecule has 1 spiro atoms. The maximum Gasteiger partial charge on any atom is 0.226 e. The molecule has 2 saturated heterocycles. The van der Waals surface area contributed by atoms with Gasteiger partial charge in [0.15, 0.2) is 0 Å². The van der Waals surface area contributed by atoms with Gasteiger partial charge in [-0.15, -0.1) is 0 Å². The standard InChI is InChI=1S/C22H30N2O4S/c1-3-6-16-9-11-17(12-10-16)20-19(13-25)24(21(26)18-7-4-5-8-18)22(20)14-23(15-22)29(2,27)28/h3,6,9-12,18-20,25H,4-5,7-8,13-15H2,1-2H3/b6-3+/t19-,20+/m0/s1. The van der Waals surface area contributed by atoms with Crippen molar-refractivity contribution in [2.75, 3.05) is 26.0 Å². The molecule has 2 atom stereocenters. The van der Waals surface area contributed by atoms with Gasteiger partial charge in [0.2, 0.25) is 15.9 Å². The number of benzene rings is 1. The highest BCUT2D eigenvalue weighted by Crippen LogP contribution is 2.55. The normalized spacial score (nSPS) is 27.3. The lowest BCUT2D eigenvalue weighted by Gasteiger charge is -2.70. The maximum absolute atomic E-state index is 13.3. The molecule has 0 aromatic heterocycles. The number of sulfonamides is 1. The third kappa shape index (κ3) is 3.33. The summed E-state index contributed by atoms with van der Waals surface area (Å²) in [4.78, 5) is 15.2. The summed E-state index contributed by atoms with van der Waals surface area (Å²) in [5.74, 6) is 0.0400. The molecule has 158 valence electrons. The number of aliphatic hydroxyl groups is 1. The van der Waals surface area contributed by atoms with Crippen LogP contribution in [0.3, 0.4) is 0 Å². The van der Waals surface area contributed by atoms with Gasteiger partial charge in [-0.05, 0) is 30.9 Å². The van der Waals surface area contributed by atoms with Gasteiger partial charge in [-0.3, -0.25) is 4.79 Å². The minimum absolute atomic E-state index is 0.00576. The molecule has 1 aromatic carbocycles. The number of nitrogens with zero attached hydrogens (tertiary/aromatic N) is 2. The van der Waals surface area contributed by atoms with Gasteiger partial charge in [-0.2, -0.15) is 4.31 Å². The van der Waals surface area contributed by atoms with Crippen molar-refractivity contribution in [3.63, 3.8) is 0 Å². The average molecular weight is 419 g/mol. The van der Waals surface area contributed by atoms with Crippen molar-refractivity contribution in [2.45, 2.75) is 50.1 Å². The average Bonchev–Trinajstić information content (AvgIpc) is 3.15. The number of likely N-dealkylation sites (tertiary alicyclic amines) is 1. The Bertz CT molecular complexity index is 897. The summed E-state index contributed by atoms with van der Waals surface area (Å²) in [6, 6.07) is 7.87. The molecule has 3 fully saturated rings. The summed E-state index contributed by atoms with van der Waals surface area (Å²) in [6.45, 7) is 2.47. The first-order valence-corrected chi connectivity index (χ1v) is 12.3. The number of aliphatic hydroxyl groups excluding tert-OH is 1. The second kappa shape index (κ2) is 7.52. The van der Waals surface area contributed by atoms with Crippen LogP contribution in [0.2, 0.25) is 0 Å². The molecule has 2 heterocycles. The zero-order chi connectivity index (χ0) is 20.8. The van der Waals surface area contributed by atoms with Crippen LogP contribution in [0.25, 0.3) is 6.08 Å². The predicted molar refractivity (Wildman–Crippen MR) is 113 cm³/mol. The molecular weight excluding hydrogens is 388 g/mol. The van der Waals surface area contributed by atoms with E-state index in [9.17, 15) is 18.3 Å². The molecule has 2 aliphatic heterocycles. The van der Waals surface area contributed by atoms with E-state index in [1.165, 1.54) is 10.6 Å². The summed E-state index contributed by atoms with van der Waals surface area (Å²) >= 11 is 0. The van der Waals surface area contributed by atoms with Crippen LogP contribution in [0, 0.1) is 5.92 Å². The maximum atomic E-state index is 13.3. The Morgan fingerprint density at radius 3 is 2.34 bits per heavy atom. The van der Waals surface area contributed by atoms with Crippen molar-refractivity contribution < 1.29 is 18.3 Å². The number of hydrogen-bond donors (Lipinski definition) is 1. The molecule has 1 aromatic rings. The fraction of sp³-hybridized carbons (Fsp3) is 0.591. The van der Waals surface area contributed by atoms with Gasteiger partial charge in [0.05, 0.1) is 24.4 Å². The zero-order valence-corrected chi connectivity index (χ0v) is 17.9. The van der Waals surface area contributed by atoms with Crippen LogP contribution < -0.4 is 0 Å². The van der Waals surface area contributed by atoms with Crippen molar-refractivity contribution in [3.05, 3.63) is 41.5 Å². The van der Waals surface area contributed by atoms with Crippen LogP contribution in [0.4, 0.5) is 0 Å². The van der Waals surface area contributed by atoms with E-state index in [-0.39, 0.29) is 30.4 Å². The van der Waals surface area contributed by atoms with Crippen LogP contribution in [0.1, 0.15) is 49.7 Å². The number of rotatable bonds is 5. The Labute approximate surface area is 173 Å². The molecule has 1 aliphatic carbocycles. The van der Waals surface area contributed by atoms with Crippen molar-refractivity contribution in [1.29, 1.82) is 0 Å². The highest BCUT2D eigenvalue weighted by atomic mass is 32.2. The smallest absolute Gasteiger partial charge is 0.226 e. The third-order valence-corrected chi connectivity index (χ3v) is 8.12. The number of carbonyl (C=O) groups excluding carboxylic acids is 1. The number of carbonyl (C=O) groups is 1. The number of hydrogen-bond acceptors (Lipinski definition) is 4. The van der Waals surface area contributed by atoms with Crippen LogP contribution in [-0.4, -0.2) is 66.2 Å². The van der Waals surface area contributed by atoms with Gasteiger partial charge in [0.25, 0.3) is 0 Å². The van der Waals surface area contributed by atoms with E-state index in [4.69, 9.17) is 0 Å². The Balaban J connectivity index is 1.67. The molecule has 0 bridgehead atoms. The molecule has 1 amide bonds. The van der Waals surface area contributed by atoms with E-state index in [2.05, 4.69) is 0 Å². The lowest BCUT2D eigenvalue weighted by molar-refractivity contribution is -0.192. The largest absolute Gasteiger partial charge is 0.394 e. The lowest BCUT2D eigenvalue weighted by Crippen LogP contribution is -2.86. The summed E-state index contributed by atoms with van der Waals surface area (Å²) in [5, 5.41) is 10.2. The molecular formula is C22H30N2O4S. The fourth-order valence-electron chi connectivity index (χ4n) is 5.53. The van der Waals surface area contributed by atoms with Crippen molar-refractivity contribution in [1.82, 2.24) is 9.21 Å². The molecule has 3 aliphatic rings. The van der Waals surface area contributed by atoms with E-state index in [0.717, 1.165) is 36.8 Å². The minimum atomic E-state index is -3.30. The Hall–Kier alpha value is -1.70. The first kappa shape index (κ1) is 20.6. The number of allylic oxidation sites excluding steroid dienone is 1. The monoisotopic (exact) mass is 418 g/mol. The van der Waals surface area contributed by atoms with E-state index in [0.29, 0.717) is 13.1 Å². The Morgan fingerprint density at radius 2 is 1.83 bits per heavy atom. The molecule has 1 saturated carbocycles. The van der Waals surface area contributed by atoms with Crippen molar-refractivity contribution >= 4 is 22.0 Å². The summed E-state index contributed by atoms with van der Waals surface area (Å²) in [6.07, 6.45) is 9.12. The second-order valence-electron chi connectivity index (χ2n) is 8.72.